The van der Waals surface area contributed by atoms with Crippen LogP contribution in [0.25, 0.3) is 0 Å². The number of guanidine groups is 1. The Morgan fingerprint density at radius 1 is 1.34 bits per heavy atom. The average Bonchev–Trinajstić information content (AvgIpc) is 3.55. The molecule has 1 saturated carbocycles. The number of hydrogen-bond donors (Lipinski definition) is 2. The molecule has 0 unspecified atom stereocenters. The molecular formula is C24H31F3N4O4. The molecule has 0 saturated heterocycles. The fourth-order valence-electron chi connectivity index (χ4n) is 5.09. The summed E-state index contributed by atoms with van der Waals surface area (Å²) < 4.78 is 50.6. The van der Waals surface area contributed by atoms with Gasteiger partial charge < -0.3 is 20.5 Å². The number of halogens is 3. The summed E-state index contributed by atoms with van der Waals surface area (Å²) >= 11 is 0. The molecule has 2 amide bonds. The number of carbonyl (C=O) groups excluding carboxylic acids is 2. The third-order valence-electron chi connectivity index (χ3n) is 6.83. The number of alkyl halides is 3. The Kier molecular flexibility index (Phi) is 6.74. The van der Waals surface area contributed by atoms with Gasteiger partial charge in [-0.25, -0.2) is 4.99 Å². The molecular weight excluding hydrogens is 465 g/mol. The lowest BCUT2D eigenvalue weighted by atomic mass is 9.95. The van der Waals surface area contributed by atoms with Gasteiger partial charge in [0.2, 0.25) is 11.8 Å². The lowest BCUT2D eigenvalue weighted by Gasteiger charge is -2.38. The number of hydrogen-bond acceptors (Lipinski definition) is 6. The average molecular weight is 497 g/mol. The van der Waals surface area contributed by atoms with Gasteiger partial charge in [-0.2, -0.15) is 13.2 Å². The Bertz CT molecular complexity index is 1010. The van der Waals surface area contributed by atoms with E-state index >= 15 is 0 Å². The smallest absolute Gasteiger partial charge is 0.425 e. The minimum absolute atomic E-state index is 0.113. The molecule has 192 valence electrons. The Morgan fingerprint density at radius 3 is 2.71 bits per heavy atom. The van der Waals surface area contributed by atoms with Gasteiger partial charge in [-0.15, -0.1) is 0 Å². The fraction of sp³-hybridized carbons (Fsp3) is 0.625. The van der Waals surface area contributed by atoms with Crippen molar-refractivity contribution in [1.29, 1.82) is 0 Å². The first-order chi connectivity index (χ1) is 16.4. The van der Waals surface area contributed by atoms with E-state index in [-0.39, 0.29) is 41.9 Å². The standard InChI is InChI=1S/C24H31F3N4O4/c1-23(2)12-20(32)31(22(28)30-23)17(8-9-34-3)14-10-15(14)21(33)29-16-11-19(24(25,26)27)35-18-7-5-4-6-13(16)18/h4-7,14-17,19H,8-12H2,1-3H3,(H2,28,30)(H,29,33)/t14-,15-,16-,17-,19+/m1/s1. The van der Waals surface area contributed by atoms with Gasteiger partial charge in [0.05, 0.1) is 18.0 Å². The number of methoxy groups -OCH3 is 1. The molecule has 1 aromatic rings. The number of nitrogens with zero attached hydrogens (tertiary/aromatic N) is 2. The summed E-state index contributed by atoms with van der Waals surface area (Å²) in [4.78, 5) is 32.0. The quantitative estimate of drug-likeness (QED) is 0.604. The molecule has 2 aliphatic heterocycles. The summed E-state index contributed by atoms with van der Waals surface area (Å²) in [6.45, 7) is 4.01. The first-order valence-electron chi connectivity index (χ1n) is 11.7. The van der Waals surface area contributed by atoms with Crippen LogP contribution in [-0.4, -0.2) is 60.3 Å². The number of rotatable bonds is 7. The lowest BCUT2D eigenvalue weighted by molar-refractivity contribution is -0.201. The number of aliphatic imine (C=N–C) groups is 1. The first-order valence-corrected chi connectivity index (χ1v) is 11.7. The van der Waals surface area contributed by atoms with Crippen LogP contribution >= 0.6 is 0 Å². The van der Waals surface area contributed by atoms with Crippen molar-refractivity contribution in [3.05, 3.63) is 29.8 Å². The van der Waals surface area contributed by atoms with Gasteiger partial charge in [-0.1, -0.05) is 18.2 Å². The highest BCUT2D eigenvalue weighted by atomic mass is 19.4. The molecule has 35 heavy (non-hydrogen) atoms. The maximum atomic E-state index is 13.4. The van der Waals surface area contributed by atoms with Crippen molar-refractivity contribution >= 4 is 17.8 Å². The predicted molar refractivity (Wildman–Crippen MR) is 121 cm³/mol. The predicted octanol–water partition coefficient (Wildman–Crippen LogP) is 2.92. The third-order valence-corrected chi connectivity index (χ3v) is 6.83. The highest BCUT2D eigenvalue weighted by Crippen LogP contribution is 2.47. The lowest BCUT2D eigenvalue weighted by Crippen LogP contribution is -2.55. The number of fused-ring (bicyclic) bond motifs is 1. The van der Waals surface area contributed by atoms with Crippen LogP contribution in [0.5, 0.6) is 5.75 Å². The number of ether oxygens (including phenoxy) is 2. The molecule has 0 aromatic heterocycles. The highest BCUT2D eigenvalue weighted by molar-refractivity contribution is 5.99. The van der Waals surface area contributed by atoms with Gasteiger partial charge >= 0.3 is 6.18 Å². The van der Waals surface area contributed by atoms with Gasteiger partial charge in [0.1, 0.15) is 5.75 Å². The topological polar surface area (TPSA) is 106 Å². The molecule has 8 nitrogen and oxygen atoms in total. The van der Waals surface area contributed by atoms with Crippen LogP contribution in [0.4, 0.5) is 13.2 Å². The van der Waals surface area contributed by atoms with Crippen LogP contribution < -0.4 is 15.8 Å². The second-order valence-electron chi connectivity index (χ2n) is 10.1. The van der Waals surface area contributed by atoms with E-state index < -0.39 is 36.2 Å². The van der Waals surface area contributed by atoms with Crippen molar-refractivity contribution in [2.45, 2.75) is 69.4 Å². The van der Waals surface area contributed by atoms with Crippen molar-refractivity contribution < 1.29 is 32.2 Å². The van der Waals surface area contributed by atoms with E-state index in [4.69, 9.17) is 15.2 Å². The van der Waals surface area contributed by atoms with Crippen LogP contribution in [0, 0.1) is 11.8 Å². The maximum absolute atomic E-state index is 13.4. The zero-order valence-electron chi connectivity index (χ0n) is 20.0. The Morgan fingerprint density at radius 2 is 2.06 bits per heavy atom. The maximum Gasteiger partial charge on any atom is 0.425 e. The van der Waals surface area contributed by atoms with Crippen LogP contribution in [0.15, 0.2) is 29.3 Å². The van der Waals surface area contributed by atoms with E-state index in [0.717, 1.165) is 0 Å². The van der Waals surface area contributed by atoms with E-state index in [1.807, 2.05) is 13.8 Å². The largest absolute Gasteiger partial charge is 0.480 e. The fourth-order valence-corrected chi connectivity index (χ4v) is 5.09. The Balaban J connectivity index is 1.50. The van der Waals surface area contributed by atoms with Crippen molar-refractivity contribution in [3.8, 4) is 5.75 Å². The highest BCUT2D eigenvalue weighted by Gasteiger charge is 2.53. The SMILES string of the molecule is COCC[C@H]([C@@H]1C[C@H]1C(=O)N[C@@H]1C[C@@H](C(F)(F)F)Oc2ccccc21)N1C(=O)CC(C)(C)N=C1N. The van der Waals surface area contributed by atoms with Gasteiger partial charge in [0.15, 0.2) is 12.1 Å². The molecule has 2 heterocycles. The van der Waals surface area contributed by atoms with E-state index in [1.165, 1.54) is 11.0 Å². The van der Waals surface area contributed by atoms with E-state index in [0.29, 0.717) is 25.0 Å². The van der Waals surface area contributed by atoms with E-state index in [9.17, 15) is 22.8 Å². The van der Waals surface area contributed by atoms with Gasteiger partial charge in [0.25, 0.3) is 0 Å². The van der Waals surface area contributed by atoms with Crippen LogP contribution in [0.3, 0.4) is 0 Å². The zero-order valence-corrected chi connectivity index (χ0v) is 20.0. The summed E-state index contributed by atoms with van der Waals surface area (Å²) in [7, 11) is 1.55. The molecule has 0 radical (unpaired) electrons. The molecule has 11 heteroatoms. The number of benzene rings is 1. The summed E-state index contributed by atoms with van der Waals surface area (Å²) in [6, 6.07) is 5.20. The number of amides is 2. The number of nitrogens with two attached hydrogens (primary N) is 1. The second kappa shape index (κ2) is 9.33. The number of para-hydroxylation sites is 1. The first kappa shape index (κ1) is 25.3. The Labute approximate surface area is 202 Å². The molecule has 1 fully saturated rings. The van der Waals surface area contributed by atoms with Crippen molar-refractivity contribution in [2.24, 2.45) is 22.6 Å². The Hall–Kier alpha value is -2.82. The minimum atomic E-state index is -4.55. The molecule has 0 bridgehead atoms. The molecule has 4 rings (SSSR count). The van der Waals surface area contributed by atoms with Gasteiger partial charge in [0, 0.05) is 37.7 Å². The normalized spacial score (nSPS) is 28.5. The molecule has 1 aromatic carbocycles. The molecule has 5 atom stereocenters. The molecule has 1 aliphatic carbocycles. The van der Waals surface area contributed by atoms with E-state index in [1.54, 1.807) is 25.3 Å². The van der Waals surface area contributed by atoms with Crippen LogP contribution in [0.1, 0.15) is 51.1 Å². The molecule has 0 spiro atoms. The summed E-state index contributed by atoms with van der Waals surface area (Å²) in [5.74, 6) is -0.933. The van der Waals surface area contributed by atoms with Crippen molar-refractivity contribution in [1.82, 2.24) is 10.2 Å². The van der Waals surface area contributed by atoms with Gasteiger partial charge in [-0.3, -0.25) is 14.5 Å². The molecule has 3 N–H and O–H groups in total. The van der Waals surface area contributed by atoms with Crippen molar-refractivity contribution in [3.63, 3.8) is 0 Å². The minimum Gasteiger partial charge on any atom is -0.480 e. The summed E-state index contributed by atoms with van der Waals surface area (Å²) in [5, 5.41) is 2.80. The van der Waals surface area contributed by atoms with E-state index in [2.05, 4.69) is 10.3 Å². The van der Waals surface area contributed by atoms with Crippen LogP contribution in [0.2, 0.25) is 0 Å². The third kappa shape index (κ3) is 5.39. The summed E-state index contributed by atoms with van der Waals surface area (Å²) in [6.07, 6.45) is -5.81. The monoisotopic (exact) mass is 496 g/mol. The second-order valence-corrected chi connectivity index (χ2v) is 10.1. The zero-order chi connectivity index (χ0) is 25.5. The van der Waals surface area contributed by atoms with Crippen LogP contribution in [-0.2, 0) is 14.3 Å². The summed E-state index contributed by atoms with van der Waals surface area (Å²) in [5.41, 5.74) is 6.07. The number of nitrogens with one attached hydrogen (secondary N) is 1. The number of carbonyl (C=O) groups is 2. The molecule has 3 aliphatic rings. The van der Waals surface area contributed by atoms with Gasteiger partial charge in [-0.05, 0) is 38.7 Å². The van der Waals surface area contributed by atoms with Crippen molar-refractivity contribution in [2.75, 3.05) is 13.7 Å².